The van der Waals surface area contributed by atoms with Gasteiger partial charge < -0.3 is 10.1 Å². The van der Waals surface area contributed by atoms with Crippen molar-refractivity contribution in [1.82, 2.24) is 4.98 Å². The summed E-state index contributed by atoms with van der Waals surface area (Å²) in [7, 11) is 0. The van der Waals surface area contributed by atoms with Crippen molar-refractivity contribution in [3.63, 3.8) is 0 Å². The van der Waals surface area contributed by atoms with Crippen molar-refractivity contribution in [3.05, 3.63) is 10.5 Å². The number of nitrogens with one attached hydrogen (secondary N) is 1. The molecule has 0 aromatic carbocycles. The fraction of sp³-hybridized carbons (Fsp3) is 0.636. The van der Waals surface area contributed by atoms with Crippen LogP contribution in [0.5, 0.6) is 0 Å². The Morgan fingerprint density at radius 1 is 1.71 bits per heavy atom. The predicted octanol–water partition coefficient (Wildman–Crippen LogP) is 2.94. The van der Waals surface area contributed by atoms with Gasteiger partial charge in [0.1, 0.15) is 5.15 Å². The van der Waals surface area contributed by atoms with Gasteiger partial charge in [-0.05, 0) is 26.2 Å². The van der Waals surface area contributed by atoms with E-state index in [1.165, 1.54) is 11.3 Å². The standard InChI is InChI=1S/C11H15ClN2O2S/c1-2-16-10(15)7-3-4-8(5-7)13-11-14-9(12)6-17-11/h6-8H,2-5H2,1H3,(H,13,14)/t7-,8+/m1/s1. The van der Waals surface area contributed by atoms with Gasteiger partial charge in [0, 0.05) is 11.4 Å². The van der Waals surface area contributed by atoms with Crippen molar-refractivity contribution >= 4 is 34.0 Å². The summed E-state index contributed by atoms with van der Waals surface area (Å²) in [6.45, 7) is 2.29. The molecule has 0 bridgehead atoms. The first kappa shape index (κ1) is 12.6. The van der Waals surface area contributed by atoms with E-state index < -0.39 is 0 Å². The molecule has 2 atom stereocenters. The zero-order valence-corrected chi connectivity index (χ0v) is 11.2. The van der Waals surface area contributed by atoms with Gasteiger partial charge in [-0.15, -0.1) is 11.3 Å². The Kier molecular flexibility index (Phi) is 4.23. The van der Waals surface area contributed by atoms with E-state index in [-0.39, 0.29) is 11.9 Å². The third-order valence-corrected chi connectivity index (χ3v) is 3.95. The van der Waals surface area contributed by atoms with Gasteiger partial charge >= 0.3 is 5.97 Å². The highest BCUT2D eigenvalue weighted by Crippen LogP contribution is 2.30. The summed E-state index contributed by atoms with van der Waals surface area (Å²) in [4.78, 5) is 15.7. The van der Waals surface area contributed by atoms with Crippen molar-refractivity contribution in [2.75, 3.05) is 11.9 Å². The third kappa shape index (κ3) is 3.33. The summed E-state index contributed by atoms with van der Waals surface area (Å²) >= 11 is 7.24. The number of ether oxygens (including phenoxy) is 1. The first-order chi connectivity index (χ1) is 8.19. The third-order valence-electron chi connectivity index (χ3n) is 2.86. The lowest BCUT2D eigenvalue weighted by Crippen LogP contribution is -2.19. The molecule has 1 aromatic heterocycles. The van der Waals surface area contributed by atoms with Crippen LogP contribution in [0.25, 0.3) is 0 Å². The number of nitrogens with zero attached hydrogens (tertiary/aromatic N) is 1. The van der Waals surface area contributed by atoms with E-state index in [0.717, 1.165) is 24.4 Å². The molecular weight excluding hydrogens is 260 g/mol. The molecule has 4 nitrogen and oxygen atoms in total. The lowest BCUT2D eigenvalue weighted by Gasteiger charge is -2.11. The lowest BCUT2D eigenvalue weighted by molar-refractivity contribution is -0.147. The Morgan fingerprint density at radius 2 is 2.53 bits per heavy atom. The number of esters is 1. The highest BCUT2D eigenvalue weighted by molar-refractivity contribution is 7.14. The number of halogens is 1. The molecule has 1 N–H and O–H groups in total. The minimum atomic E-state index is -0.0750. The number of carbonyl (C=O) groups is 1. The zero-order chi connectivity index (χ0) is 12.3. The predicted molar refractivity (Wildman–Crippen MR) is 68.5 cm³/mol. The van der Waals surface area contributed by atoms with Crippen LogP contribution < -0.4 is 5.32 Å². The van der Waals surface area contributed by atoms with Crippen LogP contribution in [-0.2, 0) is 9.53 Å². The van der Waals surface area contributed by atoms with E-state index in [1.807, 2.05) is 6.92 Å². The minimum absolute atomic E-state index is 0.0304. The summed E-state index contributed by atoms with van der Waals surface area (Å²) in [6.07, 6.45) is 2.67. The Balaban J connectivity index is 1.83. The van der Waals surface area contributed by atoms with E-state index in [9.17, 15) is 4.79 Å². The molecule has 0 aliphatic heterocycles. The normalized spacial score (nSPS) is 23.6. The summed E-state index contributed by atoms with van der Waals surface area (Å²) < 4.78 is 5.03. The van der Waals surface area contributed by atoms with E-state index in [1.54, 1.807) is 5.38 Å². The van der Waals surface area contributed by atoms with E-state index in [0.29, 0.717) is 17.8 Å². The number of carbonyl (C=O) groups excluding carboxylic acids is 1. The Morgan fingerprint density at radius 3 is 3.18 bits per heavy atom. The maximum Gasteiger partial charge on any atom is 0.308 e. The molecule has 1 fully saturated rings. The van der Waals surface area contributed by atoms with Crippen molar-refractivity contribution in [3.8, 4) is 0 Å². The lowest BCUT2D eigenvalue weighted by atomic mass is 10.1. The average Bonchev–Trinajstić information content (AvgIpc) is 2.89. The van der Waals surface area contributed by atoms with Crippen LogP contribution in [0.3, 0.4) is 0 Å². The summed E-state index contributed by atoms with van der Waals surface area (Å²) in [5.74, 6) is -0.0446. The summed E-state index contributed by atoms with van der Waals surface area (Å²) in [5.41, 5.74) is 0. The van der Waals surface area contributed by atoms with Crippen molar-refractivity contribution in [2.24, 2.45) is 5.92 Å². The average molecular weight is 275 g/mol. The maximum absolute atomic E-state index is 11.6. The van der Waals surface area contributed by atoms with Gasteiger partial charge in [-0.25, -0.2) is 4.98 Å². The number of hydrogen-bond acceptors (Lipinski definition) is 5. The number of rotatable bonds is 4. The fourth-order valence-corrected chi connectivity index (χ4v) is 3.00. The molecule has 1 aliphatic rings. The molecular formula is C11H15ClN2O2S. The molecule has 0 radical (unpaired) electrons. The molecule has 1 aromatic rings. The molecule has 94 valence electrons. The van der Waals surface area contributed by atoms with Crippen LogP contribution in [-0.4, -0.2) is 23.6 Å². The van der Waals surface area contributed by atoms with Gasteiger partial charge in [-0.2, -0.15) is 0 Å². The van der Waals surface area contributed by atoms with Crippen LogP contribution in [0.15, 0.2) is 5.38 Å². The van der Waals surface area contributed by atoms with Gasteiger partial charge in [0.05, 0.1) is 12.5 Å². The van der Waals surface area contributed by atoms with E-state index in [4.69, 9.17) is 16.3 Å². The van der Waals surface area contributed by atoms with Crippen LogP contribution in [0.4, 0.5) is 5.13 Å². The monoisotopic (exact) mass is 274 g/mol. The van der Waals surface area contributed by atoms with Crippen LogP contribution in [0.1, 0.15) is 26.2 Å². The number of aromatic nitrogens is 1. The first-order valence-corrected chi connectivity index (χ1v) is 6.99. The molecule has 1 heterocycles. The molecule has 2 rings (SSSR count). The molecule has 0 amide bonds. The zero-order valence-electron chi connectivity index (χ0n) is 9.61. The molecule has 0 spiro atoms. The Bertz CT molecular complexity index is 397. The number of thiazole rings is 1. The molecule has 1 saturated carbocycles. The Labute approximate surface area is 109 Å². The molecule has 0 saturated heterocycles. The smallest absolute Gasteiger partial charge is 0.308 e. The van der Waals surface area contributed by atoms with E-state index >= 15 is 0 Å². The SMILES string of the molecule is CCOC(=O)[C@@H]1CC[C@H](Nc2nc(Cl)cs2)C1. The number of hydrogen-bond donors (Lipinski definition) is 1. The second-order valence-corrected chi connectivity index (χ2v) is 5.32. The van der Waals surface area contributed by atoms with Crippen molar-refractivity contribution in [2.45, 2.75) is 32.2 Å². The molecule has 17 heavy (non-hydrogen) atoms. The fourth-order valence-electron chi connectivity index (χ4n) is 2.08. The highest BCUT2D eigenvalue weighted by atomic mass is 35.5. The van der Waals surface area contributed by atoms with E-state index in [2.05, 4.69) is 10.3 Å². The first-order valence-electron chi connectivity index (χ1n) is 5.73. The van der Waals surface area contributed by atoms with Gasteiger partial charge in [0.2, 0.25) is 0 Å². The number of anilines is 1. The molecule has 6 heteroatoms. The van der Waals surface area contributed by atoms with Crippen LogP contribution in [0.2, 0.25) is 5.15 Å². The minimum Gasteiger partial charge on any atom is -0.466 e. The second kappa shape index (κ2) is 5.69. The van der Waals surface area contributed by atoms with Crippen molar-refractivity contribution < 1.29 is 9.53 Å². The topological polar surface area (TPSA) is 51.2 Å². The molecule has 1 aliphatic carbocycles. The van der Waals surface area contributed by atoms with Gasteiger partial charge in [0.25, 0.3) is 0 Å². The van der Waals surface area contributed by atoms with Gasteiger partial charge in [-0.1, -0.05) is 11.6 Å². The Hall–Kier alpha value is -0.810. The molecule has 0 unspecified atom stereocenters. The van der Waals surface area contributed by atoms with Crippen LogP contribution >= 0.6 is 22.9 Å². The second-order valence-electron chi connectivity index (χ2n) is 4.08. The highest BCUT2D eigenvalue weighted by Gasteiger charge is 2.31. The van der Waals surface area contributed by atoms with Crippen LogP contribution in [0, 0.1) is 5.92 Å². The summed E-state index contributed by atoms with van der Waals surface area (Å²) in [5, 5.41) is 6.43. The van der Waals surface area contributed by atoms with Gasteiger partial charge in [-0.3, -0.25) is 4.79 Å². The quantitative estimate of drug-likeness (QED) is 0.858. The van der Waals surface area contributed by atoms with Crippen molar-refractivity contribution in [1.29, 1.82) is 0 Å². The summed E-state index contributed by atoms with van der Waals surface area (Å²) in [6, 6.07) is 0.298. The largest absolute Gasteiger partial charge is 0.466 e. The maximum atomic E-state index is 11.6. The van der Waals surface area contributed by atoms with Gasteiger partial charge in [0.15, 0.2) is 5.13 Å².